The zero-order valence-electron chi connectivity index (χ0n) is 17.7. The molecule has 0 bridgehead atoms. The molecule has 2 heterocycles. The lowest BCUT2D eigenvalue weighted by atomic mass is 10.1. The van der Waals surface area contributed by atoms with Crippen molar-refractivity contribution >= 4 is 40.4 Å². The number of aromatic nitrogens is 1. The van der Waals surface area contributed by atoms with Crippen LogP contribution >= 0.6 is 22.9 Å². The van der Waals surface area contributed by atoms with Gasteiger partial charge in [-0.05, 0) is 50.2 Å². The number of benzene rings is 1. The summed E-state index contributed by atoms with van der Waals surface area (Å²) in [5, 5.41) is 8.75. The molecule has 0 radical (unpaired) electrons. The van der Waals surface area contributed by atoms with E-state index in [0.717, 1.165) is 0 Å². The Kier molecular flexibility index (Phi) is 6.92. The van der Waals surface area contributed by atoms with Crippen molar-refractivity contribution < 1.29 is 14.0 Å². The van der Waals surface area contributed by atoms with Crippen molar-refractivity contribution in [1.29, 1.82) is 0 Å². The summed E-state index contributed by atoms with van der Waals surface area (Å²) in [5.74, 6) is -1.61. The molecule has 3 atom stereocenters. The maximum absolute atomic E-state index is 14.7. The summed E-state index contributed by atoms with van der Waals surface area (Å²) in [6.45, 7) is 0. The maximum Gasteiger partial charge on any atom is 0.261 e. The van der Waals surface area contributed by atoms with Crippen LogP contribution in [0.5, 0.6) is 0 Å². The molecule has 4 rings (SSSR count). The Morgan fingerprint density at radius 2 is 1.91 bits per heavy atom. The first kappa shape index (κ1) is 23.2. The lowest BCUT2D eigenvalue weighted by Crippen LogP contribution is -2.45. The number of halogens is 2. The summed E-state index contributed by atoms with van der Waals surface area (Å²) >= 11 is 7.10. The summed E-state index contributed by atoms with van der Waals surface area (Å²) in [5.41, 5.74) is 0.119. The molecular weight excluding hydrogens is 467 g/mol. The van der Waals surface area contributed by atoms with Crippen LogP contribution in [0.15, 0.2) is 59.5 Å². The van der Waals surface area contributed by atoms with Gasteiger partial charge in [-0.2, -0.15) is 0 Å². The van der Waals surface area contributed by atoms with Crippen LogP contribution in [-0.4, -0.2) is 35.5 Å². The van der Waals surface area contributed by atoms with Crippen LogP contribution in [-0.2, 0) is 4.79 Å². The number of hydrogen-bond acceptors (Lipinski definition) is 5. The van der Waals surface area contributed by atoms with Gasteiger partial charge in [-0.25, -0.2) is 4.39 Å². The fourth-order valence-electron chi connectivity index (χ4n) is 4.04. The Morgan fingerprint density at radius 3 is 2.58 bits per heavy atom. The van der Waals surface area contributed by atoms with E-state index in [0.29, 0.717) is 27.7 Å². The minimum atomic E-state index is -0.640. The second-order valence-electron chi connectivity index (χ2n) is 7.81. The Bertz CT molecular complexity index is 1240. The molecule has 1 aromatic carbocycles. The molecule has 3 N–H and O–H groups in total. The topological polar surface area (TPSA) is 92.2 Å². The number of rotatable bonds is 6. The lowest BCUT2D eigenvalue weighted by Gasteiger charge is -2.19. The minimum Gasteiger partial charge on any atom is -0.347 e. The number of carbonyl (C=O) groups excluding carboxylic acids is 2. The molecule has 0 aliphatic heterocycles. The van der Waals surface area contributed by atoms with Gasteiger partial charge in [0.15, 0.2) is 0 Å². The van der Waals surface area contributed by atoms with E-state index in [1.54, 1.807) is 43.6 Å². The molecule has 0 spiro atoms. The van der Waals surface area contributed by atoms with Gasteiger partial charge in [0.1, 0.15) is 5.82 Å². The van der Waals surface area contributed by atoms with E-state index in [4.69, 9.17) is 11.6 Å². The molecule has 10 heteroatoms. The Balaban J connectivity index is 1.42. The van der Waals surface area contributed by atoms with Crippen LogP contribution in [0.2, 0.25) is 4.34 Å². The number of pyridine rings is 1. The molecular formula is C23H22ClFN4O3S. The van der Waals surface area contributed by atoms with Gasteiger partial charge in [0, 0.05) is 36.3 Å². The van der Waals surface area contributed by atoms with Gasteiger partial charge in [0.05, 0.1) is 20.6 Å². The third-order valence-electron chi connectivity index (χ3n) is 5.73. The zero-order chi connectivity index (χ0) is 23.5. The Hall–Kier alpha value is -3.01. The zero-order valence-corrected chi connectivity index (χ0v) is 19.3. The predicted octanol–water partition coefficient (Wildman–Crippen LogP) is 3.43. The molecule has 1 aliphatic rings. The summed E-state index contributed by atoms with van der Waals surface area (Å²) in [7, 11) is 1.77. The third kappa shape index (κ3) is 5.16. The van der Waals surface area contributed by atoms with E-state index in [2.05, 4.69) is 16.0 Å². The molecule has 172 valence electrons. The van der Waals surface area contributed by atoms with E-state index in [1.165, 1.54) is 34.1 Å². The van der Waals surface area contributed by atoms with Crippen LogP contribution in [0, 0.1) is 11.7 Å². The minimum absolute atomic E-state index is 0.0365. The van der Waals surface area contributed by atoms with E-state index in [9.17, 15) is 18.8 Å². The number of nitrogens with one attached hydrogen (secondary N) is 3. The number of likely N-dealkylation sites (N-methyl/N-ethyl adjacent to an activating group) is 1. The summed E-state index contributed by atoms with van der Waals surface area (Å²) < 4.78 is 16.5. The van der Waals surface area contributed by atoms with Crippen LogP contribution in [0.25, 0.3) is 5.69 Å². The third-order valence-corrected chi connectivity index (χ3v) is 6.96. The van der Waals surface area contributed by atoms with Gasteiger partial charge in [-0.15, -0.1) is 11.3 Å². The molecule has 33 heavy (non-hydrogen) atoms. The Morgan fingerprint density at radius 1 is 1.12 bits per heavy atom. The maximum atomic E-state index is 14.7. The summed E-state index contributed by atoms with van der Waals surface area (Å²) in [6, 6.07) is 11.8. The van der Waals surface area contributed by atoms with Crippen molar-refractivity contribution in [2.24, 2.45) is 5.92 Å². The van der Waals surface area contributed by atoms with Crippen LogP contribution in [0.4, 0.5) is 10.1 Å². The normalized spacial score (nSPS) is 19.9. The first-order chi connectivity index (χ1) is 15.9. The first-order valence-corrected chi connectivity index (χ1v) is 11.6. The Labute approximate surface area is 198 Å². The van der Waals surface area contributed by atoms with Crippen LogP contribution < -0.4 is 21.5 Å². The van der Waals surface area contributed by atoms with Crippen molar-refractivity contribution in [2.75, 3.05) is 12.4 Å². The smallest absolute Gasteiger partial charge is 0.261 e. The van der Waals surface area contributed by atoms with Gasteiger partial charge in [-0.1, -0.05) is 17.7 Å². The standard InChI is InChI=1S/C23H22ClFN4O3S/c1-26-17-10-13(11-18(17)28-23(32)19-7-8-20(24)33-19)22(31)27-16-6-5-14(12-15(16)25)29-9-3-2-4-21(29)30/h2-9,12-13,17-18,26H,10-11H2,1H3,(H,27,31)(H,28,32)/t13?,17-,18?/m0/s1. The second kappa shape index (κ2) is 9.86. The van der Waals surface area contributed by atoms with Gasteiger partial charge < -0.3 is 16.0 Å². The molecule has 1 aliphatic carbocycles. The number of carbonyl (C=O) groups is 2. The quantitative estimate of drug-likeness (QED) is 0.495. The number of hydrogen-bond donors (Lipinski definition) is 3. The number of anilines is 1. The second-order valence-corrected chi connectivity index (χ2v) is 9.52. The number of amides is 2. The number of thiophene rings is 1. The average molecular weight is 489 g/mol. The largest absolute Gasteiger partial charge is 0.347 e. The van der Waals surface area contributed by atoms with Gasteiger partial charge in [0.25, 0.3) is 11.5 Å². The molecule has 1 saturated carbocycles. The van der Waals surface area contributed by atoms with Crippen molar-refractivity contribution in [3.63, 3.8) is 0 Å². The predicted molar refractivity (Wildman–Crippen MR) is 127 cm³/mol. The van der Waals surface area contributed by atoms with Crippen LogP contribution in [0.1, 0.15) is 22.5 Å². The molecule has 7 nitrogen and oxygen atoms in total. The van der Waals surface area contributed by atoms with E-state index < -0.39 is 11.7 Å². The van der Waals surface area contributed by atoms with Gasteiger partial charge >= 0.3 is 0 Å². The highest BCUT2D eigenvalue weighted by atomic mass is 35.5. The molecule has 1 fully saturated rings. The molecule has 2 unspecified atom stereocenters. The molecule has 2 aromatic heterocycles. The van der Waals surface area contributed by atoms with Crippen molar-refractivity contribution in [3.05, 3.63) is 80.1 Å². The molecule has 3 aromatic rings. The number of nitrogens with zero attached hydrogens (tertiary/aromatic N) is 1. The lowest BCUT2D eigenvalue weighted by molar-refractivity contribution is -0.119. The monoisotopic (exact) mass is 488 g/mol. The fourth-order valence-corrected chi connectivity index (χ4v) is 4.98. The summed E-state index contributed by atoms with van der Waals surface area (Å²) in [6.07, 6.45) is 2.46. The average Bonchev–Trinajstić information content (AvgIpc) is 3.41. The van der Waals surface area contributed by atoms with Crippen molar-refractivity contribution in [1.82, 2.24) is 15.2 Å². The highest BCUT2D eigenvalue weighted by Gasteiger charge is 2.38. The van der Waals surface area contributed by atoms with E-state index in [-0.39, 0.29) is 35.1 Å². The van der Waals surface area contributed by atoms with E-state index >= 15 is 0 Å². The van der Waals surface area contributed by atoms with Crippen molar-refractivity contribution in [2.45, 2.75) is 24.9 Å². The van der Waals surface area contributed by atoms with Gasteiger partial charge in [0.2, 0.25) is 5.91 Å². The van der Waals surface area contributed by atoms with Crippen LogP contribution in [0.3, 0.4) is 0 Å². The highest BCUT2D eigenvalue weighted by molar-refractivity contribution is 7.18. The molecule has 0 saturated heterocycles. The fraction of sp³-hybridized carbons (Fsp3) is 0.261. The van der Waals surface area contributed by atoms with Gasteiger partial charge in [-0.3, -0.25) is 19.0 Å². The van der Waals surface area contributed by atoms with Crippen molar-refractivity contribution in [3.8, 4) is 5.69 Å². The van der Waals surface area contributed by atoms with E-state index in [1.807, 2.05) is 0 Å². The summed E-state index contributed by atoms with van der Waals surface area (Å²) in [4.78, 5) is 37.8. The SMILES string of the molecule is CN[C@H]1CC(C(=O)Nc2ccc(-n3ccccc3=O)cc2F)CC1NC(=O)c1ccc(Cl)s1. The first-order valence-electron chi connectivity index (χ1n) is 10.4. The highest BCUT2D eigenvalue weighted by Crippen LogP contribution is 2.29. The molecule has 2 amide bonds.